The van der Waals surface area contributed by atoms with Crippen LogP contribution in [0, 0.1) is 0 Å². The molecule has 0 aromatic rings. The van der Waals surface area contributed by atoms with Crippen molar-refractivity contribution in [1.82, 2.24) is 0 Å². The normalized spacial score (nSPS) is 12.8. The second kappa shape index (κ2) is 7.87. The number of ether oxygens (including phenoxy) is 2. The van der Waals surface area contributed by atoms with Gasteiger partial charge in [0.2, 0.25) is 0 Å². The van der Waals surface area contributed by atoms with Crippen molar-refractivity contribution in [3.63, 3.8) is 0 Å². The minimum atomic E-state index is -0.254. The maximum absolute atomic E-state index is 11.0. The van der Waals surface area contributed by atoms with Crippen LogP contribution in [0.5, 0.6) is 0 Å². The van der Waals surface area contributed by atoms with E-state index in [1.807, 2.05) is 27.7 Å². The highest BCUT2D eigenvalue weighted by atomic mass is 16.5. The molecule has 0 rings (SSSR count). The van der Waals surface area contributed by atoms with Crippen LogP contribution < -0.4 is 5.73 Å². The monoisotopic (exact) mass is 259 g/mol. The second-order valence-electron chi connectivity index (χ2n) is 5.96. The average molecular weight is 259 g/mol. The van der Waals surface area contributed by atoms with Crippen molar-refractivity contribution < 1.29 is 14.3 Å². The lowest BCUT2D eigenvalue weighted by molar-refractivity contribution is -0.119. The van der Waals surface area contributed by atoms with Crippen LogP contribution in [-0.2, 0) is 14.3 Å². The minimum absolute atomic E-state index is 0.207. The Balaban J connectivity index is 3.90. The van der Waals surface area contributed by atoms with Gasteiger partial charge in [0.15, 0.2) is 0 Å². The number of nitrogens with two attached hydrogens (primary N) is 1. The molecule has 4 nitrogen and oxygen atoms in total. The Hall–Kier alpha value is -0.450. The van der Waals surface area contributed by atoms with Crippen molar-refractivity contribution in [2.75, 3.05) is 19.8 Å². The molecule has 0 fully saturated rings. The first-order valence-corrected chi connectivity index (χ1v) is 6.66. The molecule has 0 aliphatic rings. The summed E-state index contributed by atoms with van der Waals surface area (Å²) >= 11 is 0. The summed E-state index contributed by atoms with van der Waals surface area (Å²) in [5, 5.41) is 0. The number of ketones is 1. The Morgan fingerprint density at radius 2 is 1.50 bits per heavy atom. The first kappa shape index (κ1) is 17.6. The van der Waals surface area contributed by atoms with Crippen LogP contribution in [0.3, 0.4) is 0 Å². The second-order valence-corrected chi connectivity index (χ2v) is 5.96. The highest BCUT2D eigenvalue weighted by Crippen LogP contribution is 2.20. The fourth-order valence-electron chi connectivity index (χ4n) is 1.53. The molecular weight excluding hydrogens is 230 g/mol. The number of hydrogen-bond donors (Lipinski definition) is 1. The third kappa shape index (κ3) is 9.57. The van der Waals surface area contributed by atoms with E-state index in [1.165, 1.54) is 0 Å². The third-order valence-corrected chi connectivity index (χ3v) is 2.89. The van der Waals surface area contributed by atoms with E-state index >= 15 is 0 Å². The maximum Gasteiger partial charge on any atom is 0.129 e. The molecule has 0 saturated carbocycles. The lowest BCUT2D eigenvalue weighted by Gasteiger charge is -2.29. The van der Waals surface area contributed by atoms with E-state index < -0.39 is 0 Å². The molecule has 4 heteroatoms. The molecule has 0 spiro atoms. The van der Waals surface area contributed by atoms with Crippen LogP contribution in [-0.4, -0.2) is 36.7 Å². The van der Waals surface area contributed by atoms with E-state index in [1.54, 1.807) is 6.92 Å². The SMILES string of the molecule is CC(=O)CCC(C)(C)OCCC(C)(C)OCCN. The average Bonchev–Trinajstić information content (AvgIpc) is 2.23. The summed E-state index contributed by atoms with van der Waals surface area (Å²) in [5.74, 6) is 0.207. The summed E-state index contributed by atoms with van der Waals surface area (Å²) in [6.07, 6.45) is 2.14. The van der Waals surface area contributed by atoms with Crippen molar-refractivity contribution in [3.05, 3.63) is 0 Å². The molecule has 0 aliphatic heterocycles. The predicted octanol–water partition coefficient (Wildman–Crippen LogP) is 2.29. The van der Waals surface area contributed by atoms with Crippen LogP contribution in [0.2, 0.25) is 0 Å². The van der Waals surface area contributed by atoms with Gasteiger partial charge >= 0.3 is 0 Å². The number of hydrogen-bond acceptors (Lipinski definition) is 4. The van der Waals surface area contributed by atoms with Gasteiger partial charge in [-0.05, 0) is 47.5 Å². The zero-order chi connectivity index (χ0) is 14.2. The molecule has 18 heavy (non-hydrogen) atoms. The van der Waals surface area contributed by atoms with Gasteiger partial charge in [-0.2, -0.15) is 0 Å². The molecule has 0 aliphatic carbocycles. The number of Topliss-reactive ketones (excluding diaryl/α,β-unsaturated/α-hetero) is 1. The number of carbonyl (C=O) groups is 1. The predicted molar refractivity (Wildman–Crippen MR) is 73.6 cm³/mol. The quantitative estimate of drug-likeness (QED) is 0.654. The molecule has 2 N–H and O–H groups in total. The maximum atomic E-state index is 11.0. The van der Waals surface area contributed by atoms with Crippen LogP contribution in [0.4, 0.5) is 0 Å². The Morgan fingerprint density at radius 1 is 1.00 bits per heavy atom. The van der Waals surface area contributed by atoms with E-state index in [-0.39, 0.29) is 17.0 Å². The van der Waals surface area contributed by atoms with Gasteiger partial charge in [-0.25, -0.2) is 0 Å². The van der Waals surface area contributed by atoms with Crippen molar-refractivity contribution in [2.24, 2.45) is 5.73 Å². The van der Waals surface area contributed by atoms with Crippen LogP contribution in [0.1, 0.15) is 53.9 Å². The largest absolute Gasteiger partial charge is 0.375 e. The van der Waals surface area contributed by atoms with Gasteiger partial charge in [-0.3, -0.25) is 0 Å². The van der Waals surface area contributed by atoms with E-state index in [2.05, 4.69) is 0 Å². The van der Waals surface area contributed by atoms with Crippen LogP contribution >= 0.6 is 0 Å². The molecule has 0 radical (unpaired) electrons. The van der Waals surface area contributed by atoms with Gasteiger partial charge in [-0.1, -0.05) is 0 Å². The van der Waals surface area contributed by atoms with Gasteiger partial charge in [0.1, 0.15) is 5.78 Å². The molecule has 108 valence electrons. The van der Waals surface area contributed by atoms with Gasteiger partial charge in [-0.15, -0.1) is 0 Å². The standard InChI is InChI=1S/C14H29NO3/c1-12(16)6-7-13(2,3)17-10-8-14(4,5)18-11-9-15/h6-11,15H2,1-5H3. The summed E-state index contributed by atoms with van der Waals surface area (Å²) in [5.41, 5.74) is 4.95. The molecular formula is C14H29NO3. The lowest BCUT2D eigenvalue weighted by atomic mass is 10.0. The first-order chi connectivity index (χ1) is 8.18. The number of carbonyl (C=O) groups excluding carboxylic acids is 1. The summed E-state index contributed by atoms with van der Waals surface area (Å²) in [6.45, 7) is 11.5. The van der Waals surface area contributed by atoms with Crippen molar-refractivity contribution in [1.29, 1.82) is 0 Å². The summed E-state index contributed by atoms with van der Waals surface area (Å²) in [7, 11) is 0. The Labute approximate surface area is 111 Å². The highest BCUT2D eigenvalue weighted by Gasteiger charge is 2.22. The molecule has 0 bridgehead atoms. The molecule has 0 aromatic heterocycles. The Kier molecular flexibility index (Phi) is 7.67. The molecule has 0 heterocycles. The zero-order valence-electron chi connectivity index (χ0n) is 12.5. The van der Waals surface area contributed by atoms with Gasteiger partial charge in [0.25, 0.3) is 0 Å². The van der Waals surface area contributed by atoms with Gasteiger partial charge in [0, 0.05) is 13.0 Å². The first-order valence-electron chi connectivity index (χ1n) is 6.66. The van der Waals surface area contributed by atoms with Crippen molar-refractivity contribution in [2.45, 2.75) is 65.1 Å². The highest BCUT2D eigenvalue weighted by molar-refractivity contribution is 5.75. The molecule has 0 amide bonds. The minimum Gasteiger partial charge on any atom is -0.375 e. The van der Waals surface area contributed by atoms with Crippen molar-refractivity contribution >= 4 is 5.78 Å². The molecule has 0 aromatic carbocycles. The van der Waals surface area contributed by atoms with E-state index in [9.17, 15) is 4.79 Å². The zero-order valence-corrected chi connectivity index (χ0v) is 12.5. The van der Waals surface area contributed by atoms with E-state index in [4.69, 9.17) is 15.2 Å². The molecule has 0 unspecified atom stereocenters. The summed E-state index contributed by atoms with van der Waals surface area (Å²) in [4.78, 5) is 11.0. The lowest BCUT2D eigenvalue weighted by Crippen LogP contribution is -2.32. The number of rotatable bonds is 10. The molecule has 0 atom stereocenters. The van der Waals surface area contributed by atoms with Gasteiger partial charge < -0.3 is 20.0 Å². The summed E-state index contributed by atoms with van der Waals surface area (Å²) in [6, 6.07) is 0. The fraction of sp³-hybridized carbons (Fsp3) is 0.929. The molecule has 0 saturated heterocycles. The summed E-state index contributed by atoms with van der Waals surface area (Å²) < 4.78 is 11.5. The Bertz CT molecular complexity index is 249. The van der Waals surface area contributed by atoms with Crippen LogP contribution in [0.25, 0.3) is 0 Å². The topological polar surface area (TPSA) is 61.5 Å². The van der Waals surface area contributed by atoms with E-state index in [0.29, 0.717) is 26.2 Å². The van der Waals surface area contributed by atoms with Crippen molar-refractivity contribution in [3.8, 4) is 0 Å². The van der Waals surface area contributed by atoms with Gasteiger partial charge in [0.05, 0.1) is 24.4 Å². The third-order valence-electron chi connectivity index (χ3n) is 2.89. The fourth-order valence-corrected chi connectivity index (χ4v) is 1.53. The Morgan fingerprint density at radius 3 is 2.00 bits per heavy atom. The van der Waals surface area contributed by atoms with E-state index in [0.717, 1.165) is 12.8 Å². The smallest absolute Gasteiger partial charge is 0.129 e. The van der Waals surface area contributed by atoms with Crippen LogP contribution in [0.15, 0.2) is 0 Å².